The Hall–Kier alpha value is -0.930. The average molecular weight is 180 g/mol. The van der Waals surface area contributed by atoms with Crippen molar-refractivity contribution in [2.75, 3.05) is 6.54 Å². The molecule has 0 spiro atoms. The van der Waals surface area contributed by atoms with Gasteiger partial charge in [-0.15, -0.1) is 0 Å². The van der Waals surface area contributed by atoms with E-state index in [-0.39, 0.29) is 6.54 Å². The summed E-state index contributed by atoms with van der Waals surface area (Å²) in [5.74, 6) is 0. The second-order valence-corrected chi connectivity index (χ2v) is 3.34. The summed E-state index contributed by atoms with van der Waals surface area (Å²) in [6, 6.07) is 1.92. The molecule has 1 rings (SSSR count). The highest BCUT2D eigenvalue weighted by Crippen LogP contribution is 2.23. The maximum absolute atomic E-state index is 10.1. The van der Waals surface area contributed by atoms with Crippen molar-refractivity contribution in [3.8, 4) is 0 Å². The Kier molecular flexibility index (Phi) is 3.01. The van der Waals surface area contributed by atoms with E-state index in [9.17, 15) is 5.11 Å². The highest BCUT2D eigenvalue weighted by atomic mass is 16.3. The fraction of sp³-hybridized carbons (Fsp3) is 0.500. The fourth-order valence-electron chi connectivity index (χ4n) is 1.28. The highest BCUT2D eigenvalue weighted by Gasteiger charge is 2.25. The van der Waals surface area contributed by atoms with E-state index in [4.69, 9.17) is 5.73 Å². The van der Waals surface area contributed by atoms with Gasteiger partial charge in [-0.25, -0.2) is 0 Å². The summed E-state index contributed by atoms with van der Waals surface area (Å²) in [6.07, 6.45) is 4.04. The molecule has 0 amide bonds. The van der Waals surface area contributed by atoms with Gasteiger partial charge >= 0.3 is 0 Å². The molecular weight excluding hydrogens is 164 g/mol. The van der Waals surface area contributed by atoms with Crippen molar-refractivity contribution in [3.63, 3.8) is 0 Å². The van der Waals surface area contributed by atoms with Crippen LogP contribution in [0.25, 0.3) is 0 Å². The quantitative estimate of drug-likeness (QED) is 0.728. The van der Waals surface area contributed by atoms with E-state index in [1.165, 1.54) is 0 Å². The molecule has 3 heteroatoms. The van der Waals surface area contributed by atoms with E-state index < -0.39 is 5.60 Å². The first kappa shape index (κ1) is 10.2. The summed E-state index contributed by atoms with van der Waals surface area (Å²) >= 11 is 0. The van der Waals surface area contributed by atoms with Gasteiger partial charge in [0.05, 0.1) is 0 Å². The molecule has 0 bridgehead atoms. The third-order valence-corrected chi connectivity index (χ3v) is 2.33. The Labute approximate surface area is 78.6 Å². The van der Waals surface area contributed by atoms with E-state index in [1.807, 2.05) is 19.9 Å². The summed E-state index contributed by atoms with van der Waals surface area (Å²) < 4.78 is 0. The maximum atomic E-state index is 10.1. The molecule has 0 radical (unpaired) electrons. The van der Waals surface area contributed by atoms with Gasteiger partial charge < -0.3 is 10.8 Å². The molecule has 0 aliphatic rings. The summed E-state index contributed by atoms with van der Waals surface area (Å²) in [6.45, 7) is 4.09. The summed E-state index contributed by atoms with van der Waals surface area (Å²) in [7, 11) is 0. The van der Waals surface area contributed by atoms with Crippen LogP contribution in [0.15, 0.2) is 18.5 Å². The first-order chi connectivity index (χ1) is 6.12. The molecule has 1 aromatic rings. The van der Waals surface area contributed by atoms with Gasteiger partial charge in [0, 0.05) is 24.5 Å². The lowest BCUT2D eigenvalue weighted by molar-refractivity contribution is 0.0414. The van der Waals surface area contributed by atoms with Gasteiger partial charge in [-0.3, -0.25) is 4.98 Å². The second kappa shape index (κ2) is 3.85. The van der Waals surface area contributed by atoms with Crippen LogP contribution in [0.2, 0.25) is 0 Å². The number of aryl methyl sites for hydroxylation is 1. The average Bonchev–Trinajstić information content (AvgIpc) is 2.17. The molecule has 0 saturated carbocycles. The van der Waals surface area contributed by atoms with Crippen molar-refractivity contribution >= 4 is 0 Å². The Morgan fingerprint density at radius 2 is 2.23 bits per heavy atom. The van der Waals surface area contributed by atoms with E-state index in [1.54, 1.807) is 12.4 Å². The van der Waals surface area contributed by atoms with Gasteiger partial charge in [-0.1, -0.05) is 13.0 Å². The summed E-state index contributed by atoms with van der Waals surface area (Å²) in [5, 5.41) is 10.1. The van der Waals surface area contributed by atoms with Crippen molar-refractivity contribution < 1.29 is 5.11 Å². The monoisotopic (exact) mass is 180 g/mol. The van der Waals surface area contributed by atoms with Crippen LogP contribution in [-0.4, -0.2) is 16.6 Å². The van der Waals surface area contributed by atoms with E-state index >= 15 is 0 Å². The molecule has 1 heterocycles. The van der Waals surface area contributed by atoms with Crippen LogP contribution >= 0.6 is 0 Å². The molecule has 72 valence electrons. The zero-order valence-corrected chi connectivity index (χ0v) is 8.12. The maximum Gasteiger partial charge on any atom is 0.103 e. The first-order valence-corrected chi connectivity index (χ1v) is 4.47. The molecule has 0 aromatic carbocycles. The third kappa shape index (κ3) is 2.05. The molecular formula is C10H16N2O. The van der Waals surface area contributed by atoms with Crippen LogP contribution in [0.3, 0.4) is 0 Å². The summed E-state index contributed by atoms with van der Waals surface area (Å²) in [5.41, 5.74) is 6.45. The van der Waals surface area contributed by atoms with Crippen LogP contribution in [-0.2, 0) is 5.60 Å². The van der Waals surface area contributed by atoms with Crippen LogP contribution in [0.4, 0.5) is 0 Å². The van der Waals surface area contributed by atoms with Crippen LogP contribution in [0.1, 0.15) is 24.5 Å². The molecule has 3 N–H and O–H groups in total. The van der Waals surface area contributed by atoms with Crippen molar-refractivity contribution in [3.05, 3.63) is 29.6 Å². The highest BCUT2D eigenvalue weighted by molar-refractivity contribution is 5.23. The van der Waals surface area contributed by atoms with Crippen LogP contribution in [0, 0.1) is 6.92 Å². The topological polar surface area (TPSA) is 59.1 Å². The molecule has 0 saturated heterocycles. The fourth-order valence-corrected chi connectivity index (χ4v) is 1.28. The lowest BCUT2D eigenvalue weighted by Gasteiger charge is -2.25. The van der Waals surface area contributed by atoms with Gasteiger partial charge in [-0.05, 0) is 18.9 Å². The molecule has 13 heavy (non-hydrogen) atoms. The lowest BCUT2D eigenvalue weighted by atomic mass is 9.92. The van der Waals surface area contributed by atoms with Crippen molar-refractivity contribution in [2.24, 2.45) is 5.73 Å². The molecule has 1 aromatic heterocycles. The smallest absolute Gasteiger partial charge is 0.103 e. The molecule has 1 unspecified atom stereocenters. The van der Waals surface area contributed by atoms with Crippen molar-refractivity contribution in [2.45, 2.75) is 25.9 Å². The number of hydrogen-bond donors (Lipinski definition) is 2. The Morgan fingerprint density at radius 3 is 2.69 bits per heavy atom. The zero-order chi connectivity index (χ0) is 9.90. The molecule has 3 nitrogen and oxygen atoms in total. The minimum atomic E-state index is -0.918. The Balaban J connectivity index is 3.05. The van der Waals surface area contributed by atoms with Crippen LogP contribution < -0.4 is 5.73 Å². The number of pyridine rings is 1. The number of nitrogens with zero attached hydrogens (tertiary/aromatic N) is 1. The predicted octanol–water partition coefficient (Wildman–Crippen LogP) is 0.946. The SMILES string of the molecule is CCC(O)(CN)c1cncc(C)c1. The lowest BCUT2D eigenvalue weighted by Crippen LogP contribution is -2.34. The first-order valence-electron chi connectivity index (χ1n) is 4.47. The van der Waals surface area contributed by atoms with Crippen molar-refractivity contribution in [1.82, 2.24) is 4.98 Å². The van der Waals surface area contributed by atoms with E-state index in [2.05, 4.69) is 4.98 Å². The summed E-state index contributed by atoms with van der Waals surface area (Å²) in [4.78, 5) is 4.03. The van der Waals surface area contributed by atoms with Gasteiger partial charge in [0.25, 0.3) is 0 Å². The van der Waals surface area contributed by atoms with Crippen LogP contribution in [0.5, 0.6) is 0 Å². The van der Waals surface area contributed by atoms with Gasteiger partial charge in [0.2, 0.25) is 0 Å². The normalized spacial score (nSPS) is 15.4. The number of aromatic nitrogens is 1. The molecule has 0 fully saturated rings. The molecule has 1 atom stereocenters. The second-order valence-electron chi connectivity index (χ2n) is 3.34. The van der Waals surface area contributed by atoms with E-state index in [0.29, 0.717) is 6.42 Å². The minimum Gasteiger partial charge on any atom is -0.384 e. The standard InChI is InChI=1S/C10H16N2O/c1-3-10(13,7-11)9-4-8(2)5-12-6-9/h4-6,13H,3,7,11H2,1-2H3. The minimum absolute atomic E-state index is 0.231. The zero-order valence-electron chi connectivity index (χ0n) is 8.12. The Morgan fingerprint density at radius 1 is 1.54 bits per heavy atom. The van der Waals surface area contributed by atoms with Crippen molar-refractivity contribution in [1.29, 1.82) is 0 Å². The number of aliphatic hydroxyl groups is 1. The Bertz CT molecular complexity index is 282. The predicted molar refractivity (Wildman–Crippen MR) is 52.2 cm³/mol. The molecule has 0 aliphatic heterocycles. The number of hydrogen-bond acceptors (Lipinski definition) is 3. The van der Waals surface area contributed by atoms with Gasteiger partial charge in [0.1, 0.15) is 5.60 Å². The molecule has 0 aliphatic carbocycles. The number of rotatable bonds is 3. The number of nitrogens with two attached hydrogens (primary N) is 1. The van der Waals surface area contributed by atoms with E-state index in [0.717, 1.165) is 11.1 Å². The van der Waals surface area contributed by atoms with Gasteiger partial charge in [0.15, 0.2) is 0 Å². The largest absolute Gasteiger partial charge is 0.384 e. The van der Waals surface area contributed by atoms with Gasteiger partial charge in [-0.2, -0.15) is 0 Å². The third-order valence-electron chi connectivity index (χ3n) is 2.33.